The number of hydrogen-bond acceptors (Lipinski definition) is 5. The number of hydrogen-bond donors (Lipinski definition) is 2. The van der Waals surface area contributed by atoms with Crippen LogP contribution in [-0.4, -0.2) is 50.4 Å². The molecule has 0 bridgehead atoms. The maximum atomic E-state index is 12.9. The van der Waals surface area contributed by atoms with Crippen LogP contribution in [0.1, 0.15) is 72.1 Å². The fourth-order valence-electron chi connectivity index (χ4n) is 4.56. The van der Waals surface area contributed by atoms with Crippen LogP contribution in [0.3, 0.4) is 0 Å². The molecule has 148 valence electrons. The number of primary amides is 1. The summed E-state index contributed by atoms with van der Waals surface area (Å²) in [4.78, 5) is 26.2. The molecule has 0 spiro atoms. The molecule has 4 rings (SSSR count). The number of carbonyl (C=O) groups is 2. The third-order valence-electron chi connectivity index (χ3n) is 6.30. The number of piperidine rings is 1. The quantitative estimate of drug-likeness (QED) is 0.838. The van der Waals surface area contributed by atoms with Gasteiger partial charge >= 0.3 is 0 Å². The molecule has 2 aliphatic rings. The molecule has 8 heteroatoms. The maximum Gasteiger partial charge on any atom is 0.248 e. The number of likely N-dealkylation sites (tertiary alicyclic amines) is 1. The monoisotopic (exact) mass is 382 g/mol. The molecule has 2 heterocycles. The topological polar surface area (TPSA) is 118 Å². The summed E-state index contributed by atoms with van der Waals surface area (Å²) in [6.07, 6.45) is 5.63. The van der Waals surface area contributed by atoms with Crippen LogP contribution in [0.5, 0.6) is 0 Å². The number of nitrogens with one attached hydrogen (secondary N) is 1. The normalized spacial score (nSPS) is 23.5. The predicted octanol–water partition coefficient (Wildman–Crippen LogP) is 1.98. The highest BCUT2D eigenvalue weighted by atomic mass is 16.2. The lowest BCUT2D eigenvalue weighted by molar-refractivity contribution is -0.137. The van der Waals surface area contributed by atoms with E-state index in [0.29, 0.717) is 23.3 Å². The lowest BCUT2D eigenvalue weighted by Gasteiger charge is -2.36. The average Bonchev–Trinajstić information content (AvgIpc) is 3.28. The average molecular weight is 382 g/mol. The van der Waals surface area contributed by atoms with Gasteiger partial charge in [-0.2, -0.15) is 0 Å². The van der Waals surface area contributed by atoms with Gasteiger partial charge in [0.1, 0.15) is 0 Å². The Morgan fingerprint density at radius 3 is 2.21 bits per heavy atom. The van der Waals surface area contributed by atoms with E-state index in [1.54, 1.807) is 12.1 Å². The Morgan fingerprint density at radius 2 is 1.64 bits per heavy atom. The fraction of sp³-hybridized carbons (Fsp3) is 0.550. The Labute approximate surface area is 163 Å². The van der Waals surface area contributed by atoms with Crippen LogP contribution in [0.4, 0.5) is 0 Å². The molecule has 0 unspecified atom stereocenters. The smallest absolute Gasteiger partial charge is 0.248 e. The first-order valence-electron chi connectivity index (χ1n) is 10.0. The molecule has 1 aromatic heterocycles. The van der Waals surface area contributed by atoms with Crippen molar-refractivity contribution in [3.8, 4) is 0 Å². The first-order chi connectivity index (χ1) is 13.6. The van der Waals surface area contributed by atoms with Gasteiger partial charge in [0.15, 0.2) is 5.82 Å². The Balaban J connectivity index is 1.28. The summed E-state index contributed by atoms with van der Waals surface area (Å²) in [5.41, 5.74) is 7.06. The van der Waals surface area contributed by atoms with E-state index < -0.39 is 5.91 Å². The van der Waals surface area contributed by atoms with Gasteiger partial charge in [-0.05, 0) is 72.6 Å². The Kier molecular flexibility index (Phi) is 5.36. The molecule has 0 atom stereocenters. The van der Waals surface area contributed by atoms with Gasteiger partial charge in [-0.15, -0.1) is 5.10 Å². The SMILES string of the molecule is NC(=O)c1ccc(C2CCN(C(=O)C3CCC(c4nnn[nH]4)CC3)CC2)cc1. The second kappa shape index (κ2) is 8.08. The van der Waals surface area contributed by atoms with Crippen molar-refractivity contribution in [2.24, 2.45) is 11.7 Å². The third kappa shape index (κ3) is 3.90. The Bertz CT molecular complexity index is 804. The standard InChI is InChI=1S/C20H26N6O2/c21-18(27)15-3-1-13(2-4-15)14-9-11-26(12-10-14)20(28)17-7-5-16(6-8-17)19-22-24-25-23-19/h1-4,14,16-17H,5-12H2,(H2,21,27)(H,22,23,24,25). The zero-order valence-electron chi connectivity index (χ0n) is 15.9. The molecule has 2 aromatic rings. The van der Waals surface area contributed by atoms with Crippen molar-refractivity contribution in [1.82, 2.24) is 25.5 Å². The van der Waals surface area contributed by atoms with Gasteiger partial charge in [-0.25, -0.2) is 5.10 Å². The van der Waals surface area contributed by atoms with Crippen molar-refractivity contribution in [3.63, 3.8) is 0 Å². The van der Waals surface area contributed by atoms with Gasteiger partial charge in [0.2, 0.25) is 11.8 Å². The number of H-pyrrole nitrogens is 1. The van der Waals surface area contributed by atoms with E-state index in [4.69, 9.17) is 5.73 Å². The van der Waals surface area contributed by atoms with E-state index >= 15 is 0 Å². The van der Waals surface area contributed by atoms with Crippen LogP contribution >= 0.6 is 0 Å². The minimum atomic E-state index is -0.402. The third-order valence-corrected chi connectivity index (χ3v) is 6.30. The zero-order chi connectivity index (χ0) is 19.5. The molecule has 3 N–H and O–H groups in total. The second-order valence-corrected chi connectivity index (χ2v) is 7.92. The van der Waals surface area contributed by atoms with Crippen molar-refractivity contribution < 1.29 is 9.59 Å². The zero-order valence-corrected chi connectivity index (χ0v) is 15.9. The number of tetrazole rings is 1. The summed E-state index contributed by atoms with van der Waals surface area (Å²) >= 11 is 0. The van der Waals surface area contributed by atoms with Crippen LogP contribution in [0.2, 0.25) is 0 Å². The molecule has 1 saturated heterocycles. The molecule has 1 aromatic carbocycles. The lowest BCUT2D eigenvalue weighted by Crippen LogP contribution is -2.42. The number of rotatable bonds is 4. The molecule has 1 saturated carbocycles. The number of carbonyl (C=O) groups excluding carboxylic acids is 2. The van der Waals surface area contributed by atoms with Gasteiger partial charge in [0.05, 0.1) is 0 Å². The number of amides is 2. The van der Waals surface area contributed by atoms with E-state index in [1.165, 1.54) is 5.56 Å². The van der Waals surface area contributed by atoms with Crippen LogP contribution in [-0.2, 0) is 4.79 Å². The van der Waals surface area contributed by atoms with Gasteiger partial charge in [0, 0.05) is 30.5 Å². The van der Waals surface area contributed by atoms with Crippen LogP contribution in [0, 0.1) is 5.92 Å². The first-order valence-corrected chi connectivity index (χ1v) is 10.0. The second-order valence-electron chi connectivity index (χ2n) is 7.92. The van der Waals surface area contributed by atoms with E-state index in [1.807, 2.05) is 17.0 Å². The minimum absolute atomic E-state index is 0.124. The molecule has 2 amide bonds. The van der Waals surface area contributed by atoms with Crippen molar-refractivity contribution in [1.29, 1.82) is 0 Å². The molecular weight excluding hydrogens is 356 g/mol. The van der Waals surface area contributed by atoms with E-state index in [2.05, 4.69) is 20.6 Å². The molecule has 28 heavy (non-hydrogen) atoms. The van der Waals surface area contributed by atoms with Gasteiger partial charge in [-0.1, -0.05) is 12.1 Å². The summed E-state index contributed by atoms with van der Waals surface area (Å²) in [5.74, 6) is 1.64. The number of aromatic amines is 1. The highest BCUT2D eigenvalue weighted by Crippen LogP contribution is 2.36. The van der Waals surface area contributed by atoms with Crippen molar-refractivity contribution in [2.75, 3.05) is 13.1 Å². The molecule has 0 radical (unpaired) electrons. The van der Waals surface area contributed by atoms with Crippen LogP contribution in [0.15, 0.2) is 24.3 Å². The predicted molar refractivity (Wildman–Crippen MR) is 102 cm³/mol. The van der Waals surface area contributed by atoms with Crippen molar-refractivity contribution >= 4 is 11.8 Å². The minimum Gasteiger partial charge on any atom is -0.366 e. The van der Waals surface area contributed by atoms with Gasteiger partial charge < -0.3 is 10.6 Å². The largest absolute Gasteiger partial charge is 0.366 e. The summed E-state index contributed by atoms with van der Waals surface area (Å²) in [6.45, 7) is 1.60. The number of benzene rings is 1. The number of nitrogens with zero attached hydrogens (tertiary/aromatic N) is 4. The molecule has 1 aliphatic carbocycles. The highest BCUT2D eigenvalue weighted by Gasteiger charge is 2.33. The van der Waals surface area contributed by atoms with Gasteiger partial charge in [-0.3, -0.25) is 9.59 Å². The van der Waals surface area contributed by atoms with Gasteiger partial charge in [0.25, 0.3) is 0 Å². The van der Waals surface area contributed by atoms with E-state index in [9.17, 15) is 9.59 Å². The summed E-state index contributed by atoms with van der Waals surface area (Å²) in [7, 11) is 0. The highest BCUT2D eigenvalue weighted by molar-refractivity contribution is 5.92. The summed E-state index contributed by atoms with van der Waals surface area (Å²) in [6, 6.07) is 7.55. The van der Waals surface area contributed by atoms with Crippen LogP contribution < -0.4 is 5.73 Å². The lowest BCUT2D eigenvalue weighted by atomic mass is 9.80. The van der Waals surface area contributed by atoms with Crippen molar-refractivity contribution in [2.45, 2.75) is 50.4 Å². The first kappa shape index (κ1) is 18.6. The van der Waals surface area contributed by atoms with Crippen molar-refractivity contribution in [3.05, 3.63) is 41.2 Å². The Morgan fingerprint density at radius 1 is 0.964 bits per heavy atom. The molecule has 2 fully saturated rings. The molecule has 1 aliphatic heterocycles. The Hall–Kier alpha value is -2.77. The number of nitrogens with two attached hydrogens (primary N) is 1. The molecular formula is C20H26N6O2. The van der Waals surface area contributed by atoms with E-state index in [-0.39, 0.29) is 5.92 Å². The van der Waals surface area contributed by atoms with Crippen LogP contribution in [0.25, 0.3) is 0 Å². The number of aromatic nitrogens is 4. The fourth-order valence-corrected chi connectivity index (χ4v) is 4.56. The maximum absolute atomic E-state index is 12.9. The van der Waals surface area contributed by atoms with E-state index in [0.717, 1.165) is 57.4 Å². The summed E-state index contributed by atoms with van der Waals surface area (Å²) in [5, 5.41) is 14.2. The summed E-state index contributed by atoms with van der Waals surface area (Å²) < 4.78 is 0. The molecule has 8 nitrogen and oxygen atoms in total.